The van der Waals surface area contributed by atoms with E-state index >= 15 is 0 Å². The van der Waals surface area contributed by atoms with Crippen LogP contribution in [0.2, 0.25) is 0 Å². The van der Waals surface area contributed by atoms with Crippen LogP contribution in [0.1, 0.15) is 25.6 Å². The Hall–Kier alpha value is -1.95. The molecule has 0 fully saturated rings. The number of nitrogens with zero attached hydrogens (tertiary/aromatic N) is 1. The lowest BCUT2D eigenvalue weighted by Gasteiger charge is -2.00. The molecule has 0 amide bonds. The number of rotatable bonds is 3. The van der Waals surface area contributed by atoms with E-state index in [1.165, 1.54) is 0 Å². The van der Waals surface area contributed by atoms with Crippen molar-refractivity contribution in [2.75, 3.05) is 6.61 Å². The number of benzene rings is 1. The molecule has 2 rings (SSSR count). The second kappa shape index (κ2) is 4.28. The molecular formula is C13H14N2O. The first-order chi connectivity index (χ1) is 7.70. The van der Waals surface area contributed by atoms with Crippen LogP contribution in [-0.4, -0.2) is 16.6 Å². The molecule has 0 saturated heterocycles. The molecule has 16 heavy (non-hydrogen) atoms. The summed E-state index contributed by atoms with van der Waals surface area (Å²) in [4.78, 5) is 7.75. The van der Waals surface area contributed by atoms with Crippen molar-refractivity contribution in [2.45, 2.75) is 19.8 Å². The first-order valence-electron chi connectivity index (χ1n) is 5.26. The predicted molar refractivity (Wildman–Crippen MR) is 64.5 cm³/mol. The SMILES string of the molecule is C#CCOc1ccc2nc(C(C)C)[nH]c2c1. The maximum atomic E-state index is 5.35. The van der Waals surface area contributed by atoms with Crippen LogP contribution in [0.3, 0.4) is 0 Å². The van der Waals surface area contributed by atoms with Crippen LogP contribution in [0, 0.1) is 12.3 Å². The molecule has 0 saturated carbocycles. The smallest absolute Gasteiger partial charge is 0.148 e. The monoisotopic (exact) mass is 214 g/mol. The molecule has 0 unspecified atom stereocenters. The third kappa shape index (κ3) is 2.01. The van der Waals surface area contributed by atoms with Gasteiger partial charge < -0.3 is 9.72 Å². The van der Waals surface area contributed by atoms with E-state index < -0.39 is 0 Å². The van der Waals surface area contributed by atoms with E-state index in [1.807, 2.05) is 18.2 Å². The van der Waals surface area contributed by atoms with Gasteiger partial charge in [0.05, 0.1) is 11.0 Å². The summed E-state index contributed by atoms with van der Waals surface area (Å²) in [6.45, 7) is 4.50. The van der Waals surface area contributed by atoms with Crippen molar-refractivity contribution in [1.82, 2.24) is 9.97 Å². The quantitative estimate of drug-likeness (QED) is 0.798. The van der Waals surface area contributed by atoms with E-state index in [0.29, 0.717) is 5.92 Å². The number of terminal acetylenes is 1. The molecule has 1 heterocycles. The summed E-state index contributed by atoms with van der Waals surface area (Å²) in [5.41, 5.74) is 1.94. The molecule has 0 aliphatic carbocycles. The van der Waals surface area contributed by atoms with Gasteiger partial charge in [0.2, 0.25) is 0 Å². The van der Waals surface area contributed by atoms with Crippen LogP contribution in [0.4, 0.5) is 0 Å². The lowest BCUT2D eigenvalue weighted by atomic mass is 10.2. The van der Waals surface area contributed by atoms with Gasteiger partial charge in [0.25, 0.3) is 0 Å². The van der Waals surface area contributed by atoms with Crippen molar-refractivity contribution in [3.05, 3.63) is 24.0 Å². The maximum Gasteiger partial charge on any atom is 0.148 e. The first-order valence-corrected chi connectivity index (χ1v) is 5.26. The third-order valence-corrected chi connectivity index (χ3v) is 2.34. The van der Waals surface area contributed by atoms with Gasteiger partial charge in [-0.05, 0) is 12.1 Å². The Morgan fingerprint density at radius 2 is 2.31 bits per heavy atom. The average Bonchev–Trinajstić information content (AvgIpc) is 2.69. The Balaban J connectivity index is 2.35. The Morgan fingerprint density at radius 3 is 3.00 bits per heavy atom. The molecular weight excluding hydrogens is 200 g/mol. The minimum atomic E-state index is 0.288. The highest BCUT2D eigenvalue weighted by atomic mass is 16.5. The van der Waals surface area contributed by atoms with Gasteiger partial charge in [-0.25, -0.2) is 4.98 Å². The zero-order valence-corrected chi connectivity index (χ0v) is 9.45. The highest BCUT2D eigenvalue weighted by molar-refractivity contribution is 5.76. The fourth-order valence-corrected chi connectivity index (χ4v) is 1.50. The van der Waals surface area contributed by atoms with Crippen molar-refractivity contribution < 1.29 is 4.74 Å². The second-order valence-electron chi connectivity index (χ2n) is 3.95. The number of nitrogens with one attached hydrogen (secondary N) is 1. The Kier molecular flexibility index (Phi) is 2.82. The van der Waals surface area contributed by atoms with E-state index in [9.17, 15) is 0 Å². The molecule has 0 radical (unpaired) electrons. The highest BCUT2D eigenvalue weighted by Gasteiger charge is 2.06. The molecule has 82 valence electrons. The van der Waals surface area contributed by atoms with Crippen LogP contribution >= 0.6 is 0 Å². The number of imidazole rings is 1. The average molecular weight is 214 g/mol. The summed E-state index contributed by atoms with van der Waals surface area (Å²) in [6, 6.07) is 5.74. The topological polar surface area (TPSA) is 37.9 Å². The molecule has 3 heteroatoms. The molecule has 1 aromatic heterocycles. The zero-order chi connectivity index (χ0) is 11.5. The van der Waals surface area contributed by atoms with Crippen molar-refractivity contribution in [1.29, 1.82) is 0 Å². The summed E-state index contributed by atoms with van der Waals surface area (Å²) in [7, 11) is 0. The van der Waals surface area contributed by atoms with Gasteiger partial charge >= 0.3 is 0 Å². The number of hydrogen-bond donors (Lipinski definition) is 1. The van der Waals surface area contributed by atoms with E-state index in [4.69, 9.17) is 11.2 Å². The number of H-pyrrole nitrogens is 1. The van der Waals surface area contributed by atoms with Gasteiger partial charge in [0.1, 0.15) is 18.2 Å². The minimum absolute atomic E-state index is 0.288. The third-order valence-electron chi connectivity index (χ3n) is 2.34. The van der Waals surface area contributed by atoms with Crippen LogP contribution in [0.25, 0.3) is 11.0 Å². The molecule has 0 atom stereocenters. The highest BCUT2D eigenvalue weighted by Crippen LogP contribution is 2.21. The molecule has 0 spiro atoms. The maximum absolute atomic E-state index is 5.35. The number of aromatic nitrogens is 2. The van der Waals surface area contributed by atoms with Crippen LogP contribution in [-0.2, 0) is 0 Å². The lowest BCUT2D eigenvalue weighted by molar-refractivity contribution is 0.371. The fourth-order valence-electron chi connectivity index (χ4n) is 1.50. The zero-order valence-electron chi connectivity index (χ0n) is 9.45. The second-order valence-corrected chi connectivity index (χ2v) is 3.95. The predicted octanol–water partition coefficient (Wildman–Crippen LogP) is 2.70. The number of ether oxygens (including phenoxy) is 1. The normalized spacial score (nSPS) is 10.6. The summed E-state index contributed by atoms with van der Waals surface area (Å²) < 4.78 is 5.35. The largest absolute Gasteiger partial charge is 0.481 e. The standard InChI is InChI=1S/C13H14N2O/c1-4-7-16-10-5-6-11-12(8-10)15-13(14-11)9(2)3/h1,5-6,8-9H,7H2,2-3H3,(H,14,15). The van der Waals surface area contributed by atoms with E-state index in [1.54, 1.807) is 0 Å². The van der Waals surface area contributed by atoms with Gasteiger partial charge in [0, 0.05) is 12.0 Å². The molecule has 0 aliphatic rings. The van der Waals surface area contributed by atoms with Gasteiger partial charge in [-0.15, -0.1) is 6.42 Å². The van der Waals surface area contributed by atoms with Crippen LogP contribution < -0.4 is 4.74 Å². The lowest BCUT2D eigenvalue weighted by Crippen LogP contribution is -1.92. The molecule has 0 aliphatic heterocycles. The number of fused-ring (bicyclic) bond motifs is 1. The first kappa shape index (κ1) is 10.6. The molecule has 3 nitrogen and oxygen atoms in total. The van der Waals surface area contributed by atoms with Gasteiger partial charge in [-0.2, -0.15) is 0 Å². The number of hydrogen-bond acceptors (Lipinski definition) is 2. The van der Waals surface area contributed by atoms with Crippen LogP contribution in [0.5, 0.6) is 5.75 Å². The summed E-state index contributed by atoms with van der Waals surface area (Å²) >= 11 is 0. The summed E-state index contributed by atoms with van der Waals surface area (Å²) in [5.74, 6) is 4.59. The minimum Gasteiger partial charge on any atom is -0.481 e. The van der Waals surface area contributed by atoms with Crippen molar-refractivity contribution in [2.24, 2.45) is 0 Å². The van der Waals surface area contributed by atoms with Gasteiger partial charge in [0.15, 0.2) is 0 Å². The molecule has 1 aromatic carbocycles. The van der Waals surface area contributed by atoms with Gasteiger partial charge in [-0.3, -0.25) is 0 Å². The molecule has 0 bridgehead atoms. The Labute approximate surface area is 94.8 Å². The molecule has 2 aromatic rings. The van der Waals surface area contributed by atoms with Crippen molar-refractivity contribution >= 4 is 11.0 Å². The summed E-state index contributed by atoms with van der Waals surface area (Å²) in [6.07, 6.45) is 5.14. The number of aromatic amines is 1. The van der Waals surface area contributed by atoms with Crippen molar-refractivity contribution in [3.8, 4) is 18.1 Å². The fraction of sp³-hybridized carbons (Fsp3) is 0.308. The van der Waals surface area contributed by atoms with E-state index in [0.717, 1.165) is 22.6 Å². The van der Waals surface area contributed by atoms with Crippen molar-refractivity contribution in [3.63, 3.8) is 0 Å². The Morgan fingerprint density at radius 1 is 1.50 bits per heavy atom. The van der Waals surface area contributed by atoms with E-state index in [2.05, 4.69) is 29.7 Å². The van der Waals surface area contributed by atoms with E-state index in [-0.39, 0.29) is 6.61 Å². The summed E-state index contributed by atoms with van der Waals surface area (Å²) in [5, 5.41) is 0. The molecule has 1 N–H and O–H groups in total. The Bertz CT molecular complexity index is 534. The van der Waals surface area contributed by atoms with Gasteiger partial charge in [-0.1, -0.05) is 19.8 Å². The van der Waals surface area contributed by atoms with Crippen LogP contribution in [0.15, 0.2) is 18.2 Å².